The Labute approximate surface area is 135 Å². The molecule has 0 saturated carbocycles. The third kappa shape index (κ3) is 2.98. The van der Waals surface area contributed by atoms with E-state index in [1.807, 2.05) is 31.2 Å². The van der Waals surface area contributed by atoms with E-state index < -0.39 is 0 Å². The first-order valence-corrected chi connectivity index (χ1v) is 7.94. The monoisotopic (exact) mass is 309 g/mol. The second-order valence-corrected chi connectivity index (χ2v) is 5.69. The molecular weight excluding hydrogens is 290 g/mol. The minimum absolute atomic E-state index is 0.137. The largest absolute Gasteiger partial charge is 0.466 e. The molecule has 1 aromatic carbocycles. The minimum Gasteiger partial charge on any atom is -0.466 e. The number of rotatable bonds is 3. The first-order valence-electron chi connectivity index (χ1n) is 7.94. The molecule has 1 aromatic heterocycles. The fraction of sp³-hybridized carbons (Fsp3) is 0.389. The Kier molecular flexibility index (Phi) is 4.42. The van der Waals surface area contributed by atoms with Gasteiger partial charge in [0.2, 0.25) is 0 Å². The predicted octanol–water partition coefficient (Wildman–Crippen LogP) is 2.89. The van der Waals surface area contributed by atoms with Crippen LogP contribution < -0.4 is 4.90 Å². The smallest absolute Gasteiger partial charge is 0.310 e. The van der Waals surface area contributed by atoms with Crippen LogP contribution in [0, 0.1) is 17.2 Å². The fourth-order valence-corrected chi connectivity index (χ4v) is 3.18. The second-order valence-electron chi connectivity index (χ2n) is 5.69. The number of nitriles is 1. The van der Waals surface area contributed by atoms with Crippen LogP contribution in [0.15, 0.2) is 30.5 Å². The summed E-state index contributed by atoms with van der Waals surface area (Å²) in [5, 5.41) is 10.4. The number of carbonyl (C=O) groups is 1. The van der Waals surface area contributed by atoms with E-state index in [0.717, 1.165) is 36.0 Å². The van der Waals surface area contributed by atoms with Crippen molar-refractivity contribution >= 4 is 22.6 Å². The molecule has 0 bridgehead atoms. The van der Waals surface area contributed by atoms with Gasteiger partial charge in [-0.3, -0.25) is 9.78 Å². The number of fused-ring (bicyclic) bond motifs is 1. The van der Waals surface area contributed by atoms with Crippen LogP contribution in [0.3, 0.4) is 0 Å². The lowest BCUT2D eigenvalue weighted by atomic mass is 9.96. The van der Waals surface area contributed by atoms with Gasteiger partial charge in [-0.15, -0.1) is 0 Å². The van der Waals surface area contributed by atoms with Crippen molar-refractivity contribution in [2.45, 2.75) is 19.8 Å². The van der Waals surface area contributed by atoms with Gasteiger partial charge >= 0.3 is 5.97 Å². The van der Waals surface area contributed by atoms with Crippen LogP contribution >= 0.6 is 0 Å². The molecule has 0 radical (unpaired) electrons. The standard InChI is InChI=1S/C18H19N3O2/c1-2-23-18(22)13-6-5-9-21(12-13)17-14(10-19)11-20-16-8-4-3-7-15(16)17/h3-4,7-8,11,13H,2,5-6,9,12H2,1H3/t13-/m0/s1. The average Bonchev–Trinajstić information content (AvgIpc) is 2.61. The zero-order valence-electron chi connectivity index (χ0n) is 13.2. The number of hydrogen-bond donors (Lipinski definition) is 0. The number of hydrogen-bond acceptors (Lipinski definition) is 5. The van der Waals surface area contributed by atoms with Crippen molar-refractivity contribution in [3.63, 3.8) is 0 Å². The van der Waals surface area contributed by atoms with Gasteiger partial charge < -0.3 is 9.64 Å². The number of para-hydroxylation sites is 1. The number of aromatic nitrogens is 1. The Morgan fingerprint density at radius 3 is 3.09 bits per heavy atom. The lowest BCUT2D eigenvalue weighted by molar-refractivity contribution is -0.148. The number of nitrogens with zero attached hydrogens (tertiary/aromatic N) is 3. The third-order valence-electron chi connectivity index (χ3n) is 4.23. The lowest BCUT2D eigenvalue weighted by Crippen LogP contribution is -2.40. The van der Waals surface area contributed by atoms with Gasteiger partial charge in [0, 0.05) is 24.7 Å². The molecule has 1 fully saturated rings. The Bertz CT molecular complexity index is 766. The zero-order chi connectivity index (χ0) is 16.2. The highest BCUT2D eigenvalue weighted by Gasteiger charge is 2.29. The number of ether oxygens (including phenoxy) is 1. The Morgan fingerprint density at radius 1 is 1.48 bits per heavy atom. The van der Waals surface area contributed by atoms with Crippen LogP contribution in [0.5, 0.6) is 0 Å². The van der Waals surface area contributed by atoms with E-state index in [2.05, 4.69) is 16.0 Å². The van der Waals surface area contributed by atoms with Gasteiger partial charge in [-0.1, -0.05) is 18.2 Å². The van der Waals surface area contributed by atoms with Crippen LogP contribution in [-0.2, 0) is 9.53 Å². The van der Waals surface area contributed by atoms with Gasteiger partial charge in [-0.2, -0.15) is 5.26 Å². The van der Waals surface area contributed by atoms with Crippen molar-refractivity contribution in [2.24, 2.45) is 5.92 Å². The highest BCUT2D eigenvalue weighted by Crippen LogP contribution is 2.32. The van der Waals surface area contributed by atoms with Gasteiger partial charge in [0.05, 0.1) is 29.3 Å². The highest BCUT2D eigenvalue weighted by atomic mass is 16.5. The third-order valence-corrected chi connectivity index (χ3v) is 4.23. The molecule has 0 amide bonds. The van der Waals surface area contributed by atoms with Crippen molar-refractivity contribution in [1.29, 1.82) is 5.26 Å². The van der Waals surface area contributed by atoms with E-state index >= 15 is 0 Å². The number of pyridine rings is 1. The summed E-state index contributed by atoms with van der Waals surface area (Å²) in [6.07, 6.45) is 3.36. The summed E-state index contributed by atoms with van der Waals surface area (Å²) in [4.78, 5) is 18.5. The molecule has 118 valence electrons. The van der Waals surface area contributed by atoms with Gasteiger partial charge in [0.15, 0.2) is 0 Å². The molecule has 1 saturated heterocycles. The molecular formula is C18H19N3O2. The number of benzene rings is 1. The maximum absolute atomic E-state index is 12.1. The van der Waals surface area contributed by atoms with Gasteiger partial charge in [0.1, 0.15) is 6.07 Å². The topological polar surface area (TPSA) is 66.2 Å². The second kappa shape index (κ2) is 6.66. The quantitative estimate of drug-likeness (QED) is 0.816. The van der Waals surface area contributed by atoms with E-state index in [9.17, 15) is 10.1 Å². The summed E-state index contributed by atoms with van der Waals surface area (Å²) in [5.74, 6) is -0.281. The number of esters is 1. The molecule has 0 N–H and O–H groups in total. The van der Waals surface area contributed by atoms with Crippen molar-refractivity contribution in [2.75, 3.05) is 24.6 Å². The van der Waals surface area contributed by atoms with Crippen LogP contribution in [0.4, 0.5) is 5.69 Å². The fourth-order valence-electron chi connectivity index (χ4n) is 3.18. The molecule has 0 unspecified atom stereocenters. The Hall–Kier alpha value is -2.61. The summed E-state index contributed by atoms with van der Waals surface area (Å²) in [6, 6.07) is 10.0. The Morgan fingerprint density at radius 2 is 2.30 bits per heavy atom. The molecule has 1 aliphatic heterocycles. The minimum atomic E-state index is -0.144. The summed E-state index contributed by atoms with van der Waals surface area (Å²) >= 11 is 0. The molecule has 5 heteroatoms. The summed E-state index contributed by atoms with van der Waals surface area (Å²) in [6.45, 7) is 3.64. The van der Waals surface area contributed by atoms with Crippen LogP contribution in [0.1, 0.15) is 25.3 Å². The van der Waals surface area contributed by atoms with E-state index in [-0.39, 0.29) is 11.9 Å². The SMILES string of the molecule is CCOC(=O)[C@H]1CCCN(c2c(C#N)cnc3ccccc23)C1. The van der Waals surface area contributed by atoms with Crippen LogP contribution in [0.25, 0.3) is 10.9 Å². The maximum Gasteiger partial charge on any atom is 0.310 e. The van der Waals surface area contributed by atoms with E-state index in [4.69, 9.17) is 4.74 Å². The molecule has 23 heavy (non-hydrogen) atoms. The predicted molar refractivity (Wildman–Crippen MR) is 88.0 cm³/mol. The maximum atomic E-state index is 12.1. The lowest BCUT2D eigenvalue weighted by Gasteiger charge is -2.34. The van der Waals surface area contributed by atoms with E-state index in [1.54, 1.807) is 6.20 Å². The van der Waals surface area contributed by atoms with E-state index in [0.29, 0.717) is 18.7 Å². The first-order chi connectivity index (χ1) is 11.2. The molecule has 5 nitrogen and oxygen atoms in total. The van der Waals surface area contributed by atoms with E-state index in [1.165, 1.54) is 0 Å². The van der Waals surface area contributed by atoms with Crippen molar-refractivity contribution in [1.82, 2.24) is 4.98 Å². The summed E-state index contributed by atoms with van der Waals surface area (Å²) < 4.78 is 5.17. The molecule has 3 rings (SSSR count). The molecule has 2 aromatic rings. The Balaban J connectivity index is 1.99. The molecule has 1 aliphatic rings. The van der Waals surface area contributed by atoms with Crippen LogP contribution in [0.2, 0.25) is 0 Å². The van der Waals surface area contributed by atoms with Crippen molar-refractivity contribution < 1.29 is 9.53 Å². The normalized spacial score (nSPS) is 17.7. The van der Waals surface area contributed by atoms with Crippen molar-refractivity contribution in [3.05, 3.63) is 36.0 Å². The first kappa shape index (κ1) is 15.3. The molecule has 1 atom stereocenters. The number of carbonyl (C=O) groups excluding carboxylic acids is 1. The summed E-state index contributed by atoms with van der Waals surface area (Å²) in [5.41, 5.74) is 2.29. The average molecular weight is 309 g/mol. The van der Waals surface area contributed by atoms with Crippen molar-refractivity contribution in [3.8, 4) is 6.07 Å². The number of piperidine rings is 1. The van der Waals surface area contributed by atoms with Gasteiger partial charge in [-0.05, 0) is 25.8 Å². The zero-order valence-corrected chi connectivity index (χ0v) is 13.2. The number of anilines is 1. The van der Waals surface area contributed by atoms with Crippen LogP contribution in [-0.4, -0.2) is 30.6 Å². The molecule has 2 heterocycles. The van der Waals surface area contributed by atoms with Gasteiger partial charge in [0.25, 0.3) is 0 Å². The molecule has 0 aliphatic carbocycles. The summed E-state index contributed by atoms with van der Waals surface area (Å²) in [7, 11) is 0. The van der Waals surface area contributed by atoms with Gasteiger partial charge in [-0.25, -0.2) is 0 Å². The highest BCUT2D eigenvalue weighted by molar-refractivity contribution is 5.94. The molecule has 0 spiro atoms.